The van der Waals surface area contributed by atoms with E-state index in [1.54, 1.807) is 6.92 Å². The van der Waals surface area contributed by atoms with Crippen LogP contribution in [-0.2, 0) is 11.2 Å². The van der Waals surface area contributed by atoms with Crippen LogP contribution in [-0.4, -0.2) is 34.0 Å². The molecule has 1 fully saturated rings. The van der Waals surface area contributed by atoms with Crippen LogP contribution in [0.15, 0.2) is 34.9 Å². The number of benzene rings is 1. The maximum atomic E-state index is 12.0. The summed E-state index contributed by atoms with van der Waals surface area (Å²) in [5.74, 6) is 1.45. The number of carbonyl (C=O) groups excluding carboxylic acids is 1. The quantitative estimate of drug-likeness (QED) is 0.846. The first-order valence-corrected chi connectivity index (χ1v) is 7.34. The fourth-order valence-electron chi connectivity index (χ4n) is 2.75. The van der Waals surface area contributed by atoms with E-state index in [4.69, 9.17) is 4.52 Å². The lowest BCUT2D eigenvalue weighted by molar-refractivity contribution is -0.127. The maximum absolute atomic E-state index is 12.0. The minimum Gasteiger partial charge on any atom is -0.342 e. The Morgan fingerprint density at radius 1 is 1.33 bits per heavy atom. The van der Waals surface area contributed by atoms with Crippen LogP contribution in [0.3, 0.4) is 0 Å². The number of likely N-dealkylation sites (tertiary alicyclic amines) is 1. The van der Waals surface area contributed by atoms with Gasteiger partial charge in [-0.15, -0.1) is 0 Å². The number of nitrogens with zero attached hydrogens (tertiary/aromatic N) is 3. The van der Waals surface area contributed by atoms with E-state index in [9.17, 15) is 4.79 Å². The minimum atomic E-state index is 0.0513. The van der Waals surface area contributed by atoms with Gasteiger partial charge in [0.25, 0.3) is 0 Å². The lowest BCUT2D eigenvalue weighted by Gasteiger charge is -2.15. The number of rotatable bonds is 5. The largest absolute Gasteiger partial charge is 0.342 e. The Kier molecular flexibility index (Phi) is 3.99. The summed E-state index contributed by atoms with van der Waals surface area (Å²) in [6.07, 6.45) is 2.45. The molecule has 5 nitrogen and oxygen atoms in total. The van der Waals surface area contributed by atoms with Gasteiger partial charge in [-0.1, -0.05) is 35.5 Å². The van der Waals surface area contributed by atoms with Gasteiger partial charge in [-0.3, -0.25) is 4.79 Å². The molecule has 1 saturated heterocycles. The first-order valence-electron chi connectivity index (χ1n) is 7.34. The highest BCUT2D eigenvalue weighted by Gasteiger charge is 2.33. The lowest BCUT2D eigenvalue weighted by atomic mass is 10.1. The molecule has 2 heterocycles. The average Bonchev–Trinajstić information content (AvgIpc) is 3.07. The molecule has 1 aliphatic heterocycles. The highest BCUT2D eigenvalue weighted by molar-refractivity contribution is 5.79. The molecule has 1 aliphatic rings. The highest BCUT2D eigenvalue weighted by Crippen LogP contribution is 2.27. The second-order valence-electron chi connectivity index (χ2n) is 5.51. The zero-order chi connectivity index (χ0) is 14.7. The van der Waals surface area contributed by atoms with Crippen molar-refractivity contribution in [2.24, 2.45) is 0 Å². The topological polar surface area (TPSA) is 59.2 Å². The summed E-state index contributed by atoms with van der Waals surface area (Å²) in [6, 6.07) is 10.4. The summed E-state index contributed by atoms with van der Waals surface area (Å²) in [7, 11) is 0. The van der Waals surface area contributed by atoms with Crippen molar-refractivity contribution in [3.63, 3.8) is 0 Å². The monoisotopic (exact) mass is 285 g/mol. The fourth-order valence-corrected chi connectivity index (χ4v) is 2.75. The van der Waals surface area contributed by atoms with E-state index in [0.717, 1.165) is 19.4 Å². The van der Waals surface area contributed by atoms with Gasteiger partial charge in [-0.2, -0.15) is 4.98 Å². The van der Waals surface area contributed by atoms with E-state index in [1.165, 1.54) is 5.56 Å². The van der Waals surface area contributed by atoms with E-state index in [2.05, 4.69) is 22.3 Å². The van der Waals surface area contributed by atoms with E-state index >= 15 is 0 Å². The van der Waals surface area contributed by atoms with Crippen LogP contribution in [0, 0.1) is 6.92 Å². The van der Waals surface area contributed by atoms with Gasteiger partial charge in [0.1, 0.15) is 0 Å². The van der Waals surface area contributed by atoms with E-state index < -0.39 is 0 Å². The molecule has 2 aromatic rings. The molecule has 0 radical (unpaired) electrons. The third kappa shape index (κ3) is 3.29. The summed E-state index contributed by atoms with van der Waals surface area (Å²) in [5, 5.41) is 3.80. The fraction of sp³-hybridized carbons (Fsp3) is 0.438. The third-order valence-corrected chi connectivity index (χ3v) is 3.84. The summed E-state index contributed by atoms with van der Waals surface area (Å²) >= 11 is 0. The van der Waals surface area contributed by atoms with E-state index in [1.807, 2.05) is 23.1 Å². The van der Waals surface area contributed by atoms with Crippen LogP contribution in [0.1, 0.15) is 36.0 Å². The van der Waals surface area contributed by atoms with Gasteiger partial charge >= 0.3 is 0 Å². The summed E-state index contributed by atoms with van der Waals surface area (Å²) < 4.78 is 5.18. The molecule has 0 bridgehead atoms. The van der Waals surface area contributed by atoms with Crippen molar-refractivity contribution >= 4 is 5.91 Å². The third-order valence-electron chi connectivity index (χ3n) is 3.84. The Labute approximate surface area is 124 Å². The normalized spacial score (nSPS) is 18.4. The van der Waals surface area contributed by atoms with Crippen molar-refractivity contribution in [1.29, 1.82) is 0 Å². The van der Waals surface area contributed by atoms with Crippen molar-refractivity contribution in [2.45, 2.75) is 32.1 Å². The zero-order valence-corrected chi connectivity index (χ0v) is 12.2. The number of carbonyl (C=O) groups is 1. The Hall–Kier alpha value is -2.17. The van der Waals surface area contributed by atoms with Crippen LogP contribution < -0.4 is 0 Å². The molecule has 1 unspecified atom stereocenters. The molecule has 5 heteroatoms. The first-order chi connectivity index (χ1) is 10.2. The number of aromatic nitrogens is 2. The van der Waals surface area contributed by atoms with Gasteiger partial charge in [0.05, 0.1) is 5.92 Å². The van der Waals surface area contributed by atoms with Gasteiger partial charge in [0.2, 0.25) is 11.8 Å². The van der Waals surface area contributed by atoms with Crippen molar-refractivity contribution in [1.82, 2.24) is 15.0 Å². The van der Waals surface area contributed by atoms with Crippen molar-refractivity contribution in [3.8, 4) is 0 Å². The first kappa shape index (κ1) is 13.8. The predicted octanol–water partition coefficient (Wildman–Crippen LogP) is 2.33. The molecule has 0 N–H and O–H groups in total. The second kappa shape index (κ2) is 6.08. The van der Waals surface area contributed by atoms with Crippen LogP contribution in [0.25, 0.3) is 0 Å². The van der Waals surface area contributed by atoms with Crippen LogP contribution in [0.5, 0.6) is 0 Å². The highest BCUT2D eigenvalue weighted by atomic mass is 16.5. The Morgan fingerprint density at radius 2 is 2.14 bits per heavy atom. The molecule has 1 atom stereocenters. The summed E-state index contributed by atoms with van der Waals surface area (Å²) in [5.41, 5.74) is 1.31. The standard InChI is InChI=1S/C16H19N3O2/c1-12-17-16(21-18-12)14-10-15(20)19(11-14)9-5-8-13-6-3-2-4-7-13/h2-4,6-7,14H,5,8-11H2,1H3. The Balaban J connectivity index is 1.51. The second-order valence-corrected chi connectivity index (χ2v) is 5.51. The number of aryl methyl sites for hydroxylation is 2. The maximum Gasteiger partial charge on any atom is 0.232 e. The van der Waals surface area contributed by atoms with Crippen LogP contribution in [0.4, 0.5) is 0 Å². The van der Waals surface area contributed by atoms with E-state index in [0.29, 0.717) is 24.7 Å². The van der Waals surface area contributed by atoms with Crippen LogP contribution in [0.2, 0.25) is 0 Å². The van der Waals surface area contributed by atoms with Gasteiger partial charge in [0, 0.05) is 19.5 Å². The number of amides is 1. The molecule has 1 aromatic carbocycles. The molecule has 3 rings (SSSR count). The number of hydrogen-bond acceptors (Lipinski definition) is 4. The average molecular weight is 285 g/mol. The van der Waals surface area contributed by atoms with E-state index in [-0.39, 0.29) is 11.8 Å². The number of hydrogen-bond donors (Lipinski definition) is 0. The predicted molar refractivity (Wildman–Crippen MR) is 77.7 cm³/mol. The van der Waals surface area contributed by atoms with Gasteiger partial charge < -0.3 is 9.42 Å². The SMILES string of the molecule is Cc1noc(C2CC(=O)N(CCCc3ccccc3)C2)n1. The zero-order valence-electron chi connectivity index (χ0n) is 12.2. The summed E-state index contributed by atoms with van der Waals surface area (Å²) in [4.78, 5) is 18.2. The molecule has 21 heavy (non-hydrogen) atoms. The van der Waals surface area contributed by atoms with Gasteiger partial charge in [0.15, 0.2) is 5.82 Å². The molecule has 1 aromatic heterocycles. The molecule has 0 saturated carbocycles. The molecular weight excluding hydrogens is 266 g/mol. The lowest BCUT2D eigenvalue weighted by Crippen LogP contribution is -2.26. The smallest absolute Gasteiger partial charge is 0.232 e. The Bertz CT molecular complexity index is 609. The molecular formula is C16H19N3O2. The summed E-state index contributed by atoms with van der Waals surface area (Å²) in [6.45, 7) is 3.27. The van der Waals surface area contributed by atoms with Gasteiger partial charge in [-0.05, 0) is 25.3 Å². The van der Waals surface area contributed by atoms with Gasteiger partial charge in [-0.25, -0.2) is 0 Å². The van der Waals surface area contributed by atoms with Crippen molar-refractivity contribution in [3.05, 3.63) is 47.6 Å². The van der Waals surface area contributed by atoms with Crippen molar-refractivity contribution in [2.75, 3.05) is 13.1 Å². The molecule has 1 amide bonds. The molecule has 110 valence electrons. The molecule has 0 spiro atoms. The molecule has 0 aliphatic carbocycles. The van der Waals surface area contributed by atoms with Crippen LogP contribution >= 0.6 is 0 Å². The van der Waals surface area contributed by atoms with Crippen molar-refractivity contribution < 1.29 is 9.32 Å². The Morgan fingerprint density at radius 3 is 2.86 bits per heavy atom. The minimum absolute atomic E-state index is 0.0513.